The smallest absolute Gasteiger partial charge is 0.0162 e. The summed E-state index contributed by atoms with van der Waals surface area (Å²) < 4.78 is 0. The maximum absolute atomic E-state index is 2.31. The van der Waals surface area contributed by atoms with Gasteiger partial charge >= 0.3 is 0 Å². The molecule has 71 valence electrons. The minimum atomic E-state index is 0.568. The van der Waals surface area contributed by atoms with Crippen LogP contribution in [0.1, 0.15) is 50.7 Å². The van der Waals surface area contributed by atoms with E-state index in [1.807, 2.05) is 0 Å². The highest BCUT2D eigenvalue weighted by molar-refractivity contribution is 5.29. The van der Waals surface area contributed by atoms with Crippen LogP contribution in [0.5, 0.6) is 0 Å². The normalized spacial score (nSPS) is 13.3. The predicted octanol–water partition coefficient (Wildman–Crippen LogP) is 4.14. The Morgan fingerprint density at radius 2 is 1.69 bits per heavy atom. The topological polar surface area (TPSA) is 0 Å². The molecule has 0 saturated carbocycles. The van der Waals surface area contributed by atoms with Crippen LogP contribution >= 0.6 is 0 Å². The zero-order valence-electron chi connectivity index (χ0n) is 9.04. The largest absolute Gasteiger partial charge is 0.0617 e. The van der Waals surface area contributed by atoms with Gasteiger partial charge in [0, 0.05) is 0 Å². The van der Waals surface area contributed by atoms with E-state index >= 15 is 0 Å². The molecule has 1 radical (unpaired) electrons. The van der Waals surface area contributed by atoms with Crippen molar-refractivity contribution in [1.82, 2.24) is 0 Å². The fourth-order valence-electron chi connectivity index (χ4n) is 1.39. The summed E-state index contributed by atoms with van der Waals surface area (Å²) in [5, 5.41) is 0. The monoisotopic (exact) mass is 175 g/mol. The molecule has 0 aliphatic carbocycles. The summed E-state index contributed by atoms with van der Waals surface area (Å²) in [6.07, 6.45) is 2.24. The quantitative estimate of drug-likeness (QED) is 0.647. The summed E-state index contributed by atoms with van der Waals surface area (Å²) >= 11 is 0. The Morgan fingerprint density at radius 3 is 2.23 bits per heavy atom. The minimum Gasteiger partial charge on any atom is -0.0617 e. The summed E-state index contributed by atoms with van der Waals surface area (Å²) in [6.45, 7) is 8.82. The van der Waals surface area contributed by atoms with Crippen LogP contribution in [0.2, 0.25) is 0 Å². The van der Waals surface area contributed by atoms with E-state index in [2.05, 4.69) is 58.4 Å². The molecule has 0 aromatic heterocycles. The van der Waals surface area contributed by atoms with Crippen molar-refractivity contribution in [2.24, 2.45) is 0 Å². The van der Waals surface area contributed by atoms with Crippen molar-refractivity contribution < 1.29 is 0 Å². The molecule has 13 heavy (non-hydrogen) atoms. The zero-order chi connectivity index (χ0) is 9.84. The number of rotatable bonds is 3. The summed E-state index contributed by atoms with van der Waals surface area (Å²) in [5.41, 5.74) is 2.86. The number of hydrogen-bond acceptors (Lipinski definition) is 0. The van der Waals surface area contributed by atoms with Gasteiger partial charge < -0.3 is 0 Å². The Morgan fingerprint density at radius 1 is 1.08 bits per heavy atom. The van der Waals surface area contributed by atoms with E-state index in [-0.39, 0.29) is 0 Å². The van der Waals surface area contributed by atoms with E-state index in [0.29, 0.717) is 11.8 Å². The molecule has 1 unspecified atom stereocenters. The third kappa shape index (κ3) is 2.58. The maximum Gasteiger partial charge on any atom is -0.0162 e. The molecule has 0 aliphatic rings. The van der Waals surface area contributed by atoms with E-state index in [4.69, 9.17) is 0 Å². The SMILES string of the molecule is C[CH]C(C)c1cccc(C(C)C)c1. The molecule has 1 aromatic carbocycles. The van der Waals surface area contributed by atoms with Gasteiger partial charge in [0.25, 0.3) is 0 Å². The summed E-state index contributed by atoms with van der Waals surface area (Å²) in [6, 6.07) is 8.88. The second kappa shape index (κ2) is 4.45. The molecule has 0 aliphatic heterocycles. The summed E-state index contributed by atoms with van der Waals surface area (Å²) in [5.74, 6) is 1.20. The molecule has 0 heteroatoms. The van der Waals surface area contributed by atoms with E-state index in [9.17, 15) is 0 Å². The maximum atomic E-state index is 2.31. The average molecular weight is 175 g/mol. The van der Waals surface area contributed by atoms with Gasteiger partial charge in [0.1, 0.15) is 0 Å². The first-order valence-electron chi connectivity index (χ1n) is 5.04. The van der Waals surface area contributed by atoms with Gasteiger partial charge in [-0.2, -0.15) is 0 Å². The van der Waals surface area contributed by atoms with Crippen LogP contribution in [0, 0.1) is 6.42 Å². The Kier molecular flexibility index (Phi) is 3.53. The first kappa shape index (κ1) is 10.3. The van der Waals surface area contributed by atoms with Crippen LogP contribution in [-0.2, 0) is 0 Å². The Hall–Kier alpha value is -0.780. The molecular formula is C13H19. The summed E-state index contributed by atoms with van der Waals surface area (Å²) in [7, 11) is 0. The molecule has 0 fully saturated rings. The molecule has 0 amide bonds. The van der Waals surface area contributed by atoms with Crippen molar-refractivity contribution in [3.63, 3.8) is 0 Å². The second-order valence-electron chi connectivity index (χ2n) is 3.95. The summed E-state index contributed by atoms with van der Waals surface area (Å²) in [4.78, 5) is 0. The van der Waals surface area contributed by atoms with E-state index < -0.39 is 0 Å². The van der Waals surface area contributed by atoms with Gasteiger partial charge in [-0.3, -0.25) is 0 Å². The van der Waals surface area contributed by atoms with Crippen LogP contribution in [-0.4, -0.2) is 0 Å². The third-order valence-electron chi connectivity index (χ3n) is 2.60. The molecule has 0 nitrogen and oxygen atoms in total. The second-order valence-corrected chi connectivity index (χ2v) is 3.95. The van der Waals surface area contributed by atoms with Gasteiger partial charge in [0.05, 0.1) is 0 Å². The van der Waals surface area contributed by atoms with Gasteiger partial charge in [-0.05, 0) is 29.4 Å². The average Bonchev–Trinajstić information content (AvgIpc) is 2.17. The first-order valence-corrected chi connectivity index (χ1v) is 5.04. The lowest BCUT2D eigenvalue weighted by Crippen LogP contribution is -1.94. The van der Waals surface area contributed by atoms with Crippen LogP contribution in [0.3, 0.4) is 0 Å². The first-order chi connectivity index (χ1) is 6.15. The molecule has 0 bridgehead atoms. The number of hydrogen-bond donors (Lipinski definition) is 0. The minimum absolute atomic E-state index is 0.568. The Labute approximate surface area is 82.0 Å². The highest BCUT2D eigenvalue weighted by atomic mass is 14.1. The van der Waals surface area contributed by atoms with Crippen molar-refractivity contribution >= 4 is 0 Å². The van der Waals surface area contributed by atoms with Gasteiger partial charge in [0.2, 0.25) is 0 Å². The lowest BCUT2D eigenvalue weighted by Gasteiger charge is -2.12. The van der Waals surface area contributed by atoms with Crippen LogP contribution in [0.4, 0.5) is 0 Å². The third-order valence-corrected chi connectivity index (χ3v) is 2.60. The van der Waals surface area contributed by atoms with Crippen molar-refractivity contribution in [2.75, 3.05) is 0 Å². The fourth-order valence-corrected chi connectivity index (χ4v) is 1.39. The van der Waals surface area contributed by atoms with Gasteiger partial charge in [-0.25, -0.2) is 0 Å². The van der Waals surface area contributed by atoms with Crippen LogP contribution < -0.4 is 0 Å². The molecule has 0 saturated heterocycles. The zero-order valence-corrected chi connectivity index (χ0v) is 9.04. The van der Waals surface area contributed by atoms with Crippen molar-refractivity contribution in [2.45, 2.75) is 39.5 Å². The molecule has 0 N–H and O–H groups in total. The Balaban J connectivity index is 2.91. The molecule has 1 rings (SSSR count). The lowest BCUT2D eigenvalue weighted by molar-refractivity contribution is 0.843. The predicted molar refractivity (Wildman–Crippen MR) is 58.9 cm³/mol. The van der Waals surface area contributed by atoms with Crippen LogP contribution in [0.25, 0.3) is 0 Å². The van der Waals surface area contributed by atoms with Crippen molar-refractivity contribution in [1.29, 1.82) is 0 Å². The van der Waals surface area contributed by atoms with E-state index in [1.165, 1.54) is 11.1 Å². The fraction of sp³-hybridized carbons (Fsp3) is 0.462. The standard InChI is InChI=1S/C13H19/c1-5-11(4)13-8-6-7-12(9-13)10(2)3/h5-11H,1-4H3. The molecule has 1 atom stereocenters. The highest BCUT2D eigenvalue weighted by Crippen LogP contribution is 2.22. The Bertz CT molecular complexity index is 260. The van der Waals surface area contributed by atoms with Crippen molar-refractivity contribution in [3.8, 4) is 0 Å². The van der Waals surface area contributed by atoms with Crippen molar-refractivity contribution in [3.05, 3.63) is 41.8 Å². The van der Waals surface area contributed by atoms with Gasteiger partial charge in [-0.15, -0.1) is 0 Å². The molecule has 0 heterocycles. The van der Waals surface area contributed by atoms with Gasteiger partial charge in [-0.1, -0.05) is 52.0 Å². The molecule has 0 spiro atoms. The number of benzene rings is 1. The van der Waals surface area contributed by atoms with E-state index in [0.717, 1.165) is 0 Å². The van der Waals surface area contributed by atoms with Crippen LogP contribution in [0.15, 0.2) is 24.3 Å². The molecular weight excluding hydrogens is 156 g/mol. The molecule has 1 aromatic rings. The highest BCUT2D eigenvalue weighted by Gasteiger charge is 2.04. The van der Waals surface area contributed by atoms with E-state index in [1.54, 1.807) is 0 Å². The lowest BCUT2D eigenvalue weighted by atomic mass is 9.94. The van der Waals surface area contributed by atoms with Gasteiger partial charge in [0.15, 0.2) is 0 Å².